The number of pyridine rings is 1. The first kappa shape index (κ1) is 13.4. The summed E-state index contributed by atoms with van der Waals surface area (Å²) in [5.41, 5.74) is 1.95. The molecule has 1 aromatic heterocycles. The van der Waals surface area contributed by atoms with Gasteiger partial charge in [-0.05, 0) is 12.1 Å². The van der Waals surface area contributed by atoms with Crippen molar-refractivity contribution in [2.24, 2.45) is 5.84 Å². The van der Waals surface area contributed by atoms with Crippen molar-refractivity contribution in [1.82, 2.24) is 4.98 Å². The van der Waals surface area contributed by atoms with Crippen LogP contribution in [0.4, 0.5) is 19.0 Å². The molecule has 3 N–H and O–H groups in total. The Hall–Kier alpha value is -1.99. The summed E-state index contributed by atoms with van der Waals surface area (Å²) in [6.45, 7) is 0. The van der Waals surface area contributed by atoms with Gasteiger partial charge in [0.1, 0.15) is 11.6 Å². The molecule has 0 aliphatic carbocycles. The van der Waals surface area contributed by atoms with E-state index in [1.165, 1.54) is 6.07 Å². The summed E-state index contributed by atoms with van der Waals surface area (Å²) < 4.78 is 44.5. The first-order chi connectivity index (χ1) is 9.01. The highest BCUT2D eigenvalue weighted by atomic mass is 35.5. The highest BCUT2D eigenvalue weighted by molar-refractivity contribution is 6.30. The molecule has 0 spiro atoms. The first-order valence-electron chi connectivity index (χ1n) is 4.97. The maximum absolute atomic E-state index is 13.4. The Labute approximate surface area is 110 Å². The molecule has 0 aliphatic heterocycles. The standard InChI is InChI=1S/C11H7ClF3N3O/c12-6-3-5(1-2-7(6)13)19-11-9(15)4-8(14)10(17-11)18-16/h1-4H,16H2,(H,17,18). The number of hydrogen-bond donors (Lipinski definition) is 2. The third kappa shape index (κ3) is 2.88. The van der Waals surface area contributed by atoms with Crippen molar-refractivity contribution in [2.45, 2.75) is 0 Å². The summed E-state index contributed by atoms with van der Waals surface area (Å²) in [5.74, 6) is 1.51. The molecule has 19 heavy (non-hydrogen) atoms. The molecule has 0 atom stereocenters. The van der Waals surface area contributed by atoms with Crippen molar-refractivity contribution in [3.63, 3.8) is 0 Å². The van der Waals surface area contributed by atoms with Gasteiger partial charge in [0.15, 0.2) is 17.5 Å². The van der Waals surface area contributed by atoms with Crippen LogP contribution in [0.2, 0.25) is 5.02 Å². The van der Waals surface area contributed by atoms with E-state index in [0.29, 0.717) is 6.07 Å². The van der Waals surface area contributed by atoms with Gasteiger partial charge < -0.3 is 10.2 Å². The van der Waals surface area contributed by atoms with Crippen molar-refractivity contribution < 1.29 is 17.9 Å². The number of rotatable bonds is 3. The molecule has 8 heteroatoms. The number of halogens is 4. The molecule has 0 saturated heterocycles. The third-order valence-corrected chi connectivity index (χ3v) is 2.43. The molecule has 0 aliphatic rings. The smallest absolute Gasteiger partial charge is 0.258 e. The van der Waals surface area contributed by atoms with Crippen LogP contribution >= 0.6 is 11.6 Å². The second kappa shape index (κ2) is 5.33. The molecule has 1 heterocycles. The molecule has 0 bridgehead atoms. The Morgan fingerprint density at radius 2 is 1.84 bits per heavy atom. The molecule has 0 fully saturated rings. The second-order valence-electron chi connectivity index (χ2n) is 3.43. The van der Waals surface area contributed by atoms with Crippen LogP contribution in [-0.2, 0) is 0 Å². The van der Waals surface area contributed by atoms with Gasteiger partial charge in [-0.3, -0.25) is 0 Å². The maximum Gasteiger partial charge on any atom is 0.258 e. The largest absolute Gasteiger partial charge is 0.436 e. The van der Waals surface area contributed by atoms with Gasteiger partial charge in [0, 0.05) is 12.1 Å². The summed E-state index contributed by atoms with van der Waals surface area (Å²) in [6.07, 6.45) is 0. The van der Waals surface area contributed by atoms with Gasteiger partial charge in [-0.25, -0.2) is 19.0 Å². The van der Waals surface area contributed by atoms with Crippen LogP contribution in [0.3, 0.4) is 0 Å². The fourth-order valence-corrected chi connectivity index (χ4v) is 1.45. The van der Waals surface area contributed by atoms with Crippen LogP contribution in [0.25, 0.3) is 0 Å². The molecule has 0 unspecified atom stereocenters. The zero-order valence-corrected chi connectivity index (χ0v) is 10.0. The number of anilines is 1. The van der Waals surface area contributed by atoms with E-state index in [0.717, 1.165) is 12.1 Å². The van der Waals surface area contributed by atoms with Gasteiger partial charge in [0.2, 0.25) is 0 Å². The molecular formula is C11H7ClF3N3O. The van der Waals surface area contributed by atoms with Crippen LogP contribution < -0.4 is 16.0 Å². The van der Waals surface area contributed by atoms with E-state index in [4.69, 9.17) is 22.2 Å². The summed E-state index contributed by atoms with van der Waals surface area (Å²) in [6, 6.07) is 3.96. The van der Waals surface area contributed by atoms with Gasteiger partial charge in [-0.2, -0.15) is 4.98 Å². The predicted octanol–water partition coefficient (Wildman–Crippen LogP) is 3.23. The number of ether oxygens (including phenoxy) is 1. The first-order valence-corrected chi connectivity index (χ1v) is 5.34. The predicted molar refractivity (Wildman–Crippen MR) is 63.4 cm³/mol. The van der Waals surface area contributed by atoms with Gasteiger partial charge in [0.25, 0.3) is 5.88 Å². The van der Waals surface area contributed by atoms with E-state index in [-0.39, 0.29) is 16.6 Å². The monoisotopic (exact) mass is 289 g/mol. The number of hydrogen-bond acceptors (Lipinski definition) is 4. The van der Waals surface area contributed by atoms with E-state index >= 15 is 0 Å². The molecule has 2 aromatic rings. The highest BCUT2D eigenvalue weighted by Crippen LogP contribution is 2.28. The Bertz CT molecular complexity index is 624. The minimum atomic E-state index is -1.03. The molecule has 4 nitrogen and oxygen atoms in total. The quantitative estimate of drug-likeness (QED) is 0.673. The van der Waals surface area contributed by atoms with Crippen LogP contribution in [0, 0.1) is 17.5 Å². The molecular weight excluding hydrogens is 283 g/mol. The number of aromatic nitrogens is 1. The Balaban J connectivity index is 2.34. The second-order valence-corrected chi connectivity index (χ2v) is 3.84. The molecule has 0 saturated carbocycles. The van der Waals surface area contributed by atoms with Crippen LogP contribution in [0.5, 0.6) is 11.6 Å². The van der Waals surface area contributed by atoms with E-state index in [9.17, 15) is 13.2 Å². The van der Waals surface area contributed by atoms with Crippen molar-refractivity contribution in [3.8, 4) is 11.6 Å². The zero-order valence-electron chi connectivity index (χ0n) is 9.25. The van der Waals surface area contributed by atoms with Gasteiger partial charge in [-0.15, -0.1) is 0 Å². The summed E-state index contributed by atoms with van der Waals surface area (Å²) >= 11 is 5.54. The minimum absolute atomic E-state index is 0.0485. The minimum Gasteiger partial charge on any atom is -0.436 e. The SMILES string of the molecule is NNc1nc(Oc2ccc(F)c(Cl)c2)c(F)cc1F. The number of nitrogen functional groups attached to an aromatic ring is 1. The van der Waals surface area contributed by atoms with E-state index in [1.54, 1.807) is 0 Å². The number of nitrogens with zero attached hydrogens (tertiary/aromatic N) is 1. The van der Waals surface area contributed by atoms with Crippen molar-refractivity contribution in [3.05, 3.63) is 46.7 Å². The third-order valence-electron chi connectivity index (χ3n) is 2.14. The Morgan fingerprint density at radius 3 is 2.47 bits per heavy atom. The van der Waals surface area contributed by atoms with Gasteiger partial charge in [-0.1, -0.05) is 11.6 Å². The van der Waals surface area contributed by atoms with Gasteiger partial charge in [0.05, 0.1) is 5.02 Å². The number of hydrazine groups is 1. The summed E-state index contributed by atoms with van der Waals surface area (Å²) in [7, 11) is 0. The number of benzene rings is 1. The van der Waals surface area contributed by atoms with Crippen LogP contribution in [0.15, 0.2) is 24.3 Å². The van der Waals surface area contributed by atoms with Crippen molar-refractivity contribution in [1.29, 1.82) is 0 Å². The Kier molecular flexibility index (Phi) is 3.77. The topological polar surface area (TPSA) is 60.2 Å². The Morgan fingerprint density at radius 1 is 1.11 bits per heavy atom. The summed E-state index contributed by atoms with van der Waals surface area (Å²) in [5, 5.41) is -0.197. The average Bonchev–Trinajstić information content (AvgIpc) is 2.37. The van der Waals surface area contributed by atoms with E-state index in [2.05, 4.69) is 4.98 Å². The zero-order chi connectivity index (χ0) is 14.0. The lowest BCUT2D eigenvalue weighted by Gasteiger charge is -2.08. The average molecular weight is 290 g/mol. The molecule has 1 aromatic carbocycles. The fourth-order valence-electron chi connectivity index (χ4n) is 1.27. The lowest BCUT2D eigenvalue weighted by molar-refractivity contribution is 0.417. The molecule has 0 amide bonds. The van der Waals surface area contributed by atoms with Crippen LogP contribution in [-0.4, -0.2) is 4.98 Å². The summed E-state index contributed by atoms with van der Waals surface area (Å²) in [4.78, 5) is 3.49. The fraction of sp³-hybridized carbons (Fsp3) is 0. The normalized spacial score (nSPS) is 10.4. The lowest BCUT2D eigenvalue weighted by Crippen LogP contribution is -2.11. The van der Waals surface area contributed by atoms with Crippen molar-refractivity contribution >= 4 is 17.4 Å². The molecule has 100 valence electrons. The number of nitrogens with two attached hydrogens (primary N) is 1. The molecule has 0 radical (unpaired) electrons. The maximum atomic E-state index is 13.4. The van der Waals surface area contributed by atoms with Crippen molar-refractivity contribution in [2.75, 3.05) is 5.43 Å². The van der Waals surface area contributed by atoms with Crippen LogP contribution in [0.1, 0.15) is 0 Å². The highest BCUT2D eigenvalue weighted by Gasteiger charge is 2.13. The lowest BCUT2D eigenvalue weighted by atomic mass is 10.3. The van der Waals surface area contributed by atoms with E-state index in [1.807, 2.05) is 5.43 Å². The molecule has 2 rings (SSSR count). The number of nitrogens with one attached hydrogen (secondary N) is 1. The van der Waals surface area contributed by atoms with Gasteiger partial charge >= 0.3 is 0 Å². The van der Waals surface area contributed by atoms with E-state index < -0.39 is 23.3 Å².